The Kier molecular flexibility index (Phi) is 5.18. The Bertz CT molecular complexity index is 497. The van der Waals surface area contributed by atoms with Gasteiger partial charge in [0.1, 0.15) is 6.04 Å². The van der Waals surface area contributed by atoms with Crippen LogP contribution in [0.2, 0.25) is 0 Å². The minimum atomic E-state index is -4.39. The third-order valence-electron chi connectivity index (χ3n) is 2.32. The maximum absolute atomic E-state index is 12.4. The Labute approximate surface area is 107 Å². The van der Waals surface area contributed by atoms with E-state index in [0.29, 0.717) is 5.56 Å². The van der Waals surface area contributed by atoms with Crippen molar-refractivity contribution in [3.05, 3.63) is 45.8 Å². The summed E-state index contributed by atoms with van der Waals surface area (Å²) in [4.78, 5) is 2.55. The van der Waals surface area contributed by atoms with Crippen LogP contribution in [0.5, 0.6) is 0 Å². The summed E-state index contributed by atoms with van der Waals surface area (Å²) in [5.41, 5.74) is 7.74. The largest absolute Gasteiger partial charge is 0.416 e. The van der Waals surface area contributed by atoms with Gasteiger partial charge in [-0.1, -0.05) is 17.2 Å². The van der Waals surface area contributed by atoms with Crippen LogP contribution in [0.4, 0.5) is 13.2 Å². The fraction of sp³-hybridized carbons (Fsp3) is 0.364. The van der Waals surface area contributed by atoms with Gasteiger partial charge >= 0.3 is 6.18 Å². The summed E-state index contributed by atoms with van der Waals surface area (Å²) >= 11 is 0. The van der Waals surface area contributed by atoms with Crippen molar-refractivity contribution in [2.45, 2.75) is 12.2 Å². The molecule has 0 radical (unpaired) electrons. The summed E-state index contributed by atoms with van der Waals surface area (Å²) in [6.07, 6.45) is -4.39. The minimum absolute atomic E-state index is 0.162. The molecular formula is C11H10F3N5. The monoisotopic (exact) mass is 269 g/mol. The standard InChI is InChI=1S/C11H10F3N5/c12-11(13,14)9-3-1-8(2-4-9)10(7-15)17-5-6-18-19-16/h1-4,10,17H,5-6H2. The average molecular weight is 269 g/mol. The number of nitrogens with zero attached hydrogens (tertiary/aromatic N) is 4. The zero-order chi connectivity index (χ0) is 14.3. The number of nitriles is 1. The highest BCUT2D eigenvalue weighted by Gasteiger charge is 2.30. The molecule has 1 aromatic carbocycles. The Morgan fingerprint density at radius 2 is 2.00 bits per heavy atom. The Hall–Kier alpha value is -2.23. The molecule has 0 aliphatic heterocycles. The number of benzene rings is 1. The summed E-state index contributed by atoms with van der Waals surface area (Å²) < 4.78 is 37.1. The van der Waals surface area contributed by atoms with Crippen molar-refractivity contribution in [3.63, 3.8) is 0 Å². The molecule has 100 valence electrons. The van der Waals surface area contributed by atoms with E-state index < -0.39 is 17.8 Å². The highest BCUT2D eigenvalue weighted by atomic mass is 19.4. The van der Waals surface area contributed by atoms with Crippen LogP contribution >= 0.6 is 0 Å². The van der Waals surface area contributed by atoms with Crippen LogP contribution in [0.1, 0.15) is 17.2 Å². The van der Waals surface area contributed by atoms with Crippen molar-refractivity contribution >= 4 is 0 Å². The molecule has 0 amide bonds. The van der Waals surface area contributed by atoms with Gasteiger partial charge in [-0.3, -0.25) is 5.32 Å². The first-order valence-corrected chi connectivity index (χ1v) is 5.30. The average Bonchev–Trinajstić information content (AvgIpc) is 2.38. The molecule has 0 heterocycles. The zero-order valence-electron chi connectivity index (χ0n) is 9.72. The fourth-order valence-corrected chi connectivity index (χ4v) is 1.41. The van der Waals surface area contributed by atoms with Gasteiger partial charge in [0.2, 0.25) is 0 Å². The molecule has 8 heteroatoms. The minimum Gasteiger partial charge on any atom is -0.298 e. The Morgan fingerprint density at radius 1 is 1.37 bits per heavy atom. The van der Waals surface area contributed by atoms with Crippen LogP contribution < -0.4 is 5.32 Å². The van der Waals surface area contributed by atoms with Crippen LogP contribution in [0.3, 0.4) is 0 Å². The van der Waals surface area contributed by atoms with Crippen LogP contribution in [-0.4, -0.2) is 13.1 Å². The molecule has 0 aromatic heterocycles. The topological polar surface area (TPSA) is 84.6 Å². The predicted octanol–water partition coefficient (Wildman–Crippen LogP) is 3.17. The molecule has 1 atom stereocenters. The van der Waals surface area contributed by atoms with E-state index in [4.69, 9.17) is 10.8 Å². The molecule has 5 nitrogen and oxygen atoms in total. The van der Waals surface area contributed by atoms with Crippen molar-refractivity contribution < 1.29 is 13.2 Å². The number of halogens is 3. The summed E-state index contributed by atoms with van der Waals surface area (Å²) in [6.45, 7) is 0.429. The third kappa shape index (κ3) is 4.50. The summed E-state index contributed by atoms with van der Waals surface area (Å²) in [7, 11) is 0. The van der Waals surface area contributed by atoms with Crippen LogP contribution in [0.15, 0.2) is 29.4 Å². The third-order valence-corrected chi connectivity index (χ3v) is 2.32. The molecule has 19 heavy (non-hydrogen) atoms. The molecule has 0 spiro atoms. The molecule has 1 aromatic rings. The molecule has 0 bridgehead atoms. The van der Waals surface area contributed by atoms with Gasteiger partial charge in [0.25, 0.3) is 0 Å². The van der Waals surface area contributed by atoms with Crippen LogP contribution in [-0.2, 0) is 6.18 Å². The maximum atomic E-state index is 12.4. The van der Waals surface area contributed by atoms with Gasteiger partial charge in [-0.25, -0.2) is 0 Å². The number of azide groups is 1. The van der Waals surface area contributed by atoms with Crippen molar-refractivity contribution in [1.29, 1.82) is 5.26 Å². The first-order valence-electron chi connectivity index (χ1n) is 5.30. The molecule has 0 aliphatic rings. The van der Waals surface area contributed by atoms with E-state index in [2.05, 4.69) is 15.3 Å². The summed E-state index contributed by atoms with van der Waals surface area (Å²) in [5, 5.41) is 15.0. The maximum Gasteiger partial charge on any atom is 0.416 e. The fourth-order valence-electron chi connectivity index (χ4n) is 1.41. The van der Waals surface area contributed by atoms with Crippen LogP contribution in [0.25, 0.3) is 10.4 Å². The smallest absolute Gasteiger partial charge is 0.298 e. The van der Waals surface area contributed by atoms with E-state index >= 15 is 0 Å². The second kappa shape index (κ2) is 6.64. The Balaban J connectivity index is 2.72. The molecule has 1 N–H and O–H groups in total. The lowest BCUT2D eigenvalue weighted by molar-refractivity contribution is -0.137. The zero-order valence-corrected chi connectivity index (χ0v) is 9.72. The second-order valence-corrected chi connectivity index (χ2v) is 3.59. The first kappa shape index (κ1) is 14.8. The van der Waals surface area contributed by atoms with Gasteiger partial charge in [-0.05, 0) is 23.2 Å². The van der Waals surface area contributed by atoms with Crippen molar-refractivity contribution in [1.82, 2.24) is 5.32 Å². The number of hydrogen-bond acceptors (Lipinski definition) is 3. The van der Waals surface area contributed by atoms with E-state index in [1.165, 1.54) is 12.1 Å². The van der Waals surface area contributed by atoms with Gasteiger partial charge < -0.3 is 0 Å². The number of alkyl halides is 3. The lowest BCUT2D eigenvalue weighted by Crippen LogP contribution is -2.22. The lowest BCUT2D eigenvalue weighted by Gasteiger charge is -2.12. The number of hydrogen-bond donors (Lipinski definition) is 1. The molecule has 0 saturated heterocycles. The van der Waals surface area contributed by atoms with E-state index in [1.807, 2.05) is 6.07 Å². The molecular weight excluding hydrogens is 259 g/mol. The van der Waals surface area contributed by atoms with Crippen LogP contribution in [0, 0.1) is 11.3 Å². The first-order chi connectivity index (χ1) is 8.99. The second-order valence-electron chi connectivity index (χ2n) is 3.59. The number of nitrogens with one attached hydrogen (secondary N) is 1. The van der Waals surface area contributed by atoms with Gasteiger partial charge in [0, 0.05) is 18.0 Å². The van der Waals surface area contributed by atoms with E-state index in [9.17, 15) is 13.2 Å². The van der Waals surface area contributed by atoms with E-state index in [-0.39, 0.29) is 13.1 Å². The molecule has 0 aliphatic carbocycles. The summed E-state index contributed by atoms with van der Waals surface area (Å²) in [5.74, 6) is 0. The van der Waals surface area contributed by atoms with E-state index in [1.54, 1.807) is 0 Å². The summed E-state index contributed by atoms with van der Waals surface area (Å²) in [6, 6.07) is 5.53. The molecule has 0 saturated carbocycles. The quantitative estimate of drug-likeness (QED) is 0.385. The van der Waals surface area contributed by atoms with Gasteiger partial charge in [-0.15, -0.1) is 0 Å². The normalized spacial score (nSPS) is 12.3. The number of rotatable bonds is 5. The highest BCUT2D eigenvalue weighted by Crippen LogP contribution is 2.29. The highest BCUT2D eigenvalue weighted by molar-refractivity contribution is 5.29. The van der Waals surface area contributed by atoms with Crippen molar-refractivity contribution in [2.75, 3.05) is 13.1 Å². The molecule has 1 rings (SSSR count). The molecule has 1 unspecified atom stereocenters. The van der Waals surface area contributed by atoms with Crippen molar-refractivity contribution in [3.8, 4) is 6.07 Å². The Morgan fingerprint density at radius 3 is 2.47 bits per heavy atom. The van der Waals surface area contributed by atoms with Gasteiger partial charge in [0.15, 0.2) is 0 Å². The SMILES string of the molecule is N#CC(NCCN=[N+]=[N-])c1ccc(C(F)(F)F)cc1. The van der Waals surface area contributed by atoms with E-state index in [0.717, 1.165) is 12.1 Å². The van der Waals surface area contributed by atoms with Gasteiger partial charge in [-0.2, -0.15) is 18.4 Å². The predicted molar refractivity (Wildman–Crippen MR) is 61.8 cm³/mol. The van der Waals surface area contributed by atoms with Crippen molar-refractivity contribution in [2.24, 2.45) is 5.11 Å². The van der Waals surface area contributed by atoms with Gasteiger partial charge in [0.05, 0.1) is 11.6 Å². The molecule has 0 fully saturated rings. The lowest BCUT2D eigenvalue weighted by atomic mass is 10.1.